The third kappa shape index (κ3) is 3.31. The van der Waals surface area contributed by atoms with Crippen molar-refractivity contribution in [3.63, 3.8) is 0 Å². The zero-order valence-corrected chi connectivity index (χ0v) is 16.3. The topological polar surface area (TPSA) is 9.23 Å². The number of benzene rings is 1. The van der Waals surface area contributed by atoms with Gasteiger partial charge in [-0.3, -0.25) is 0 Å². The van der Waals surface area contributed by atoms with Gasteiger partial charge in [0.25, 0.3) is 0 Å². The predicted octanol–water partition coefficient (Wildman–Crippen LogP) is 6.12. The van der Waals surface area contributed by atoms with Gasteiger partial charge in [-0.15, -0.1) is 6.42 Å². The minimum Gasteiger partial charge on any atom is -0.396 e. The molecule has 0 aromatic heterocycles. The van der Waals surface area contributed by atoms with Gasteiger partial charge in [0.2, 0.25) is 8.32 Å². The van der Waals surface area contributed by atoms with Crippen LogP contribution in [0, 0.1) is 12.3 Å². The van der Waals surface area contributed by atoms with Crippen molar-refractivity contribution < 1.29 is 4.43 Å². The molecule has 0 heterocycles. The third-order valence-electron chi connectivity index (χ3n) is 5.03. The highest BCUT2D eigenvalue weighted by Gasteiger charge is 2.50. The molecule has 1 aromatic rings. The first-order chi connectivity index (χ1) is 10.3. The van der Waals surface area contributed by atoms with Gasteiger partial charge >= 0.3 is 0 Å². The highest BCUT2D eigenvalue weighted by atomic mass is 28.4. The minimum atomic E-state index is -2.03. The van der Waals surface area contributed by atoms with Gasteiger partial charge in [0, 0.05) is 0 Å². The fourth-order valence-electron chi connectivity index (χ4n) is 3.91. The van der Waals surface area contributed by atoms with Crippen molar-refractivity contribution in [2.24, 2.45) is 0 Å². The molecule has 1 nitrogen and oxygen atoms in total. The van der Waals surface area contributed by atoms with Crippen LogP contribution in [0.2, 0.25) is 16.6 Å². The smallest absolute Gasteiger partial charge is 0.202 e. The molecule has 0 aliphatic heterocycles. The molecule has 0 bridgehead atoms. The maximum absolute atomic E-state index is 7.00. The summed E-state index contributed by atoms with van der Waals surface area (Å²) in [7, 11) is -2.03. The van der Waals surface area contributed by atoms with Gasteiger partial charge in [0.05, 0.1) is 0 Å². The number of terminal acetylenes is 1. The average molecular weight is 317 g/mol. The summed E-state index contributed by atoms with van der Waals surface area (Å²) in [5.41, 5.74) is 2.08. The average Bonchev–Trinajstić information content (AvgIpc) is 2.49. The molecule has 122 valence electrons. The van der Waals surface area contributed by atoms with Crippen LogP contribution < -0.4 is 0 Å². The molecule has 2 heteroatoms. The number of rotatable bonds is 7. The molecule has 0 spiro atoms. The molecule has 0 aliphatic carbocycles. The van der Waals surface area contributed by atoms with E-state index in [1.54, 1.807) is 0 Å². The molecule has 0 radical (unpaired) electrons. The Morgan fingerprint density at radius 1 is 1.00 bits per heavy atom. The number of hydrogen-bond donors (Lipinski definition) is 0. The molecule has 1 unspecified atom stereocenters. The Labute approximate surface area is 138 Å². The lowest BCUT2D eigenvalue weighted by atomic mass is 9.92. The van der Waals surface area contributed by atoms with Gasteiger partial charge in [-0.2, -0.15) is 0 Å². The highest BCUT2D eigenvalue weighted by Crippen LogP contribution is 2.47. The van der Waals surface area contributed by atoms with Gasteiger partial charge < -0.3 is 4.43 Å². The zero-order valence-electron chi connectivity index (χ0n) is 15.3. The molecule has 0 saturated carbocycles. The number of hydrogen-bond acceptors (Lipinski definition) is 1. The quantitative estimate of drug-likeness (QED) is 0.435. The molecule has 22 heavy (non-hydrogen) atoms. The van der Waals surface area contributed by atoms with Gasteiger partial charge in [0.1, 0.15) is 5.60 Å². The fraction of sp³-hybridized carbons (Fsp3) is 0.600. The maximum atomic E-state index is 7.00. The van der Waals surface area contributed by atoms with E-state index in [9.17, 15) is 0 Å². The molecular formula is C20H32OSi. The first-order valence-corrected chi connectivity index (χ1v) is 10.6. The second-order valence-electron chi connectivity index (χ2n) is 7.11. The first kappa shape index (κ1) is 19.0. The normalized spacial score (nSPS) is 15.1. The summed E-state index contributed by atoms with van der Waals surface area (Å²) in [5.74, 6) is 3.01. The van der Waals surface area contributed by atoms with Gasteiger partial charge in [-0.05, 0) is 28.6 Å². The van der Waals surface area contributed by atoms with Gasteiger partial charge in [-0.25, -0.2) is 0 Å². The Bertz CT molecular complexity index is 476. The second-order valence-corrected chi connectivity index (χ2v) is 12.5. The van der Waals surface area contributed by atoms with E-state index >= 15 is 0 Å². The second kappa shape index (κ2) is 7.48. The Hall–Kier alpha value is -1.04. The lowest BCUT2D eigenvalue weighted by Crippen LogP contribution is -2.53. The van der Waals surface area contributed by atoms with Gasteiger partial charge in [-0.1, -0.05) is 84.7 Å². The largest absolute Gasteiger partial charge is 0.396 e. The van der Waals surface area contributed by atoms with E-state index in [0.29, 0.717) is 16.6 Å². The van der Waals surface area contributed by atoms with Gasteiger partial charge in [0.15, 0.2) is 0 Å². The Kier molecular flexibility index (Phi) is 6.46. The van der Waals surface area contributed by atoms with Crippen molar-refractivity contribution >= 4 is 8.32 Å². The molecule has 1 aromatic carbocycles. The van der Waals surface area contributed by atoms with E-state index in [1.807, 2.05) is 18.2 Å². The highest BCUT2D eigenvalue weighted by molar-refractivity contribution is 6.77. The predicted molar refractivity (Wildman–Crippen MR) is 99.4 cm³/mol. The van der Waals surface area contributed by atoms with Crippen LogP contribution in [0.15, 0.2) is 30.3 Å². The molecule has 0 saturated heterocycles. The van der Waals surface area contributed by atoms with E-state index < -0.39 is 13.9 Å². The summed E-state index contributed by atoms with van der Waals surface area (Å²) in [6.45, 7) is 15.9. The molecule has 0 aliphatic rings. The molecule has 0 N–H and O–H groups in total. The monoisotopic (exact) mass is 316 g/mol. The summed E-state index contributed by atoms with van der Waals surface area (Å²) in [5, 5.41) is 0. The molecule has 1 atom stereocenters. The van der Waals surface area contributed by atoms with Crippen molar-refractivity contribution in [3.05, 3.63) is 35.9 Å². The van der Waals surface area contributed by atoms with Crippen molar-refractivity contribution in [1.82, 2.24) is 0 Å². The van der Waals surface area contributed by atoms with Crippen LogP contribution in [-0.4, -0.2) is 8.32 Å². The van der Waals surface area contributed by atoms with E-state index in [2.05, 4.69) is 66.5 Å². The molecule has 0 fully saturated rings. The van der Waals surface area contributed by atoms with E-state index in [-0.39, 0.29) is 0 Å². The zero-order chi connectivity index (χ0) is 17.0. The summed E-state index contributed by atoms with van der Waals surface area (Å²) >= 11 is 0. The Morgan fingerprint density at radius 2 is 1.45 bits per heavy atom. The Morgan fingerprint density at radius 3 is 1.77 bits per heavy atom. The van der Waals surface area contributed by atoms with E-state index in [4.69, 9.17) is 10.8 Å². The van der Waals surface area contributed by atoms with Crippen LogP contribution in [0.3, 0.4) is 0 Å². The van der Waals surface area contributed by atoms with E-state index in [0.717, 1.165) is 12.0 Å². The van der Waals surface area contributed by atoms with Crippen molar-refractivity contribution in [2.75, 3.05) is 0 Å². The van der Waals surface area contributed by atoms with Crippen molar-refractivity contribution in [1.29, 1.82) is 0 Å². The van der Waals surface area contributed by atoms with Crippen LogP contribution in [-0.2, 0) is 10.0 Å². The lowest BCUT2D eigenvalue weighted by Gasteiger charge is -2.48. The molecule has 0 amide bonds. The summed E-state index contributed by atoms with van der Waals surface area (Å²) in [4.78, 5) is 0. The van der Waals surface area contributed by atoms with Crippen LogP contribution in [0.25, 0.3) is 0 Å². The summed E-state index contributed by atoms with van der Waals surface area (Å²) in [6.07, 6.45) is 6.81. The summed E-state index contributed by atoms with van der Waals surface area (Å²) in [6, 6.07) is 10.3. The van der Waals surface area contributed by atoms with Crippen LogP contribution >= 0.6 is 0 Å². The first-order valence-electron chi connectivity index (χ1n) is 8.50. The SMILES string of the molecule is C#CC(CC)(O[Si](C(C)C)(C(C)C)C(C)C)c1ccccc1. The molecular weight excluding hydrogens is 284 g/mol. The third-order valence-corrected chi connectivity index (χ3v) is 11.1. The maximum Gasteiger partial charge on any atom is 0.202 e. The lowest BCUT2D eigenvalue weighted by molar-refractivity contribution is 0.101. The van der Waals surface area contributed by atoms with Crippen LogP contribution in [0.1, 0.15) is 60.5 Å². The standard InChI is InChI=1S/C20H32OSi/c1-9-20(10-2,19-14-12-11-13-15-19)21-22(16(3)4,17(5)6)18(7)8/h1,11-18H,10H2,2-8H3. The van der Waals surface area contributed by atoms with E-state index in [1.165, 1.54) is 0 Å². The minimum absolute atomic E-state index is 0.524. The summed E-state index contributed by atoms with van der Waals surface area (Å²) < 4.78 is 7.00. The van der Waals surface area contributed by atoms with Crippen molar-refractivity contribution in [3.8, 4) is 12.3 Å². The van der Waals surface area contributed by atoms with Crippen LogP contribution in [0.5, 0.6) is 0 Å². The molecule has 1 rings (SSSR count). The van der Waals surface area contributed by atoms with Crippen LogP contribution in [0.4, 0.5) is 0 Å². The Balaban J connectivity index is 3.43. The van der Waals surface area contributed by atoms with Crippen molar-refractivity contribution in [2.45, 2.75) is 77.1 Å². The fourth-order valence-corrected chi connectivity index (χ4v) is 9.54.